The Kier molecular flexibility index (Phi) is 5.20. The van der Waals surface area contributed by atoms with Crippen molar-refractivity contribution < 1.29 is 4.42 Å². The fourth-order valence-corrected chi connectivity index (χ4v) is 2.73. The largest absolute Gasteiger partial charge is 0.422 e. The number of terminal acetylenes is 1. The number of hydrogen-bond donors (Lipinski definition) is 0. The quantitative estimate of drug-likeness (QED) is 0.459. The van der Waals surface area contributed by atoms with Crippen LogP contribution < -0.4 is 5.63 Å². The fourth-order valence-electron chi connectivity index (χ4n) is 2.37. The van der Waals surface area contributed by atoms with Gasteiger partial charge in [0.05, 0.1) is 0 Å². The molecule has 1 aromatic carbocycles. The van der Waals surface area contributed by atoms with E-state index in [2.05, 4.69) is 28.4 Å². The number of nitrogens with zero attached hydrogens (tertiary/aromatic N) is 1. The van der Waals surface area contributed by atoms with Crippen molar-refractivity contribution in [1.82, 2.24) is 0 Å². The number of nitriles is 1. The van der Waals surface area contributed by atoms with Gasteiger partial charge >= 0.3 is 5.63 Å². The van der Waals surface area contributed by atoms with Crippen LogP contribution in [0.25, 0.3) is 11.0 Å². The van der Waals surface area contributed by atoms with Crippen molar-refractivity contribution in [2.45, 2.75) is 19.3 Å². The van der Waals surface area contributed by atoms with E-state index in [1.54, 1.807) is 12.1 Å². The lowest BCUT2D eigenvalue weighted by Gasteiger charge is -2.12. The van der Waals surface area contributed by atoms with E-state index in [9.17, 15) is 10.1 Å². The first-order valence-electron chi connectivity index (χ1n) is 6.83. The number of halogens is 1. The van der Waals surface area contributed by atoms with Crippen LogP contribution in [0.15, 0.2) is 44.5 Å². The Hall–Kier alpha value is -2.30. The summed E-state index contributed by atoms with van der Waals surface area (Å²) < 4.78 is 6.06. The lowest BCUT2D eigenvalue weighted by Crippen LogP contribution is -2.12. The van der Waals surface area contributed by atoms with Gasteiger partial charge in [0, 0.05) is 15.8 Å². The molecule has 0 aliphatic rings. The summed E-state index contributed by atoms with van der Waals surface area (Å²) in [6.45, 7) is 3.69. The van der Waals surface area contributed by atoms with Gasteiger partial charge in [0.15, 0.2) is 0 Å². The second kappa shape index (κ2) is 7.11. The minimum Gasteiger partial charge on any atom is -0.422 e. The molecule has 2 aromatic rings. The van der Waals surface area contributed by atoms with Crippen molar-refractivity contribution in [3.8, 4) is 18.4 Å². The zero-order valence-electron chi connectivity index (χ0n) is 11.9. The van der Waals surface area contributed by atoms with Crippen LogP contribution in [0.3, 0.4) is 0 Å². The van der Waals surface area contributed by atoms with E-state index in [1.807, 2.05) is 18.2 Å². The zero-order chi connectivity index (χ0) is 16.1. The number of benzene rings is 1. The lowest BCUT2D eigenvalue weighted by molar-refractivity contribution is 0.550. The van der Waals surface area contributed by atoms with Crippen LogP contribution in [0.2, 0.25) is 0 Å². The van der Waals surface area contributed by atoms with Crippen LogP contribution >= 0.6 is 15.9 Å². The van der Waals surface area contributed by atoms with E-state index in [-0.39, 0.29) is 11.5 Å². The predicted octanol–water partition coefficient (Wildman–Crippen LogP) is 4.19. The topological polar surface area (TPSA) is 54.0 Å². The minimum absolute atomic E-state index is 0.0319. The lowest BCUT2D eigenvalue weighted by atomic mass is 9.91. The molecule has 22 heavy (non-hydrogen) atoms. The smallest absolute Gasteiger partial charge is 0.354 e. The SMILES string of the molecule is C#C[C@H](CCC=C)Cc1c(C#N)c(=O)oc2ccc(Br)cc12. The molecule has 0 aliphatic carbocycles. The molecule has 2 rings (SSSR count). The fraction of sp³-hybridized carbons (Fsp3) is 0.222. The van der Waals surface area contributed by atoms with E-state index in [4.69, 9.17) is 10.8 Å². The van der Waals surface area contributed by atoms with Gasteiger partial charge in [-0.05, 0) is 43.0 Å². The van der Waals surface area contributed by atoms with Crippen LogP contribution in [0.1, 0.15) is 24.0 Å². The van der Waals surface area contributed by atoms with Gasteiger partial charge in [-0.25, -0.2) is 4.79 Å². The van der Waals surface area contributed by atoms with E-state index in [0.717, 1.165) is 22.7 Å². The zero-order valence-corrected chi connectivity index (χ0v) is 13.5. The Balaban J connectivity index is 2.61. The molecule has 0 unspecified atom stereocenters. The van der Waals surface area contributed by atoms with Gasteiger partial charge in [0.2, 0.25) is 0 Å². The Labute approximate surface area is 137 Å². The Morgan fingerprint density at radius 3 is 2.91 bits per heavy atom. The van der Waals surface area contributed by atoms with Gasteiger partial charge < -0.3 is 4.42 Å². The molecule has 0 spiro atoms. The first-order valence-corrected chi connectivity index (χ1v) is 7.62. The third-order valence-corrected chi connectivity index (χ3v) is 3.99. The van der Waals surface area contributed by atoms with E-state index in [1.165, 1.54) is 0 Å². The normalized spacial score (nSPS) is 11.6. The molecule has 110 valence electrons. The molecule has 0 saturated carbocycles. The minimum atomic E-state index is -0.619. The van der Waals surface area contributed by atoms with Crippen molar-refractivity contribution in [1.29, 1.82) is 5.26 Å². The highest BCUT2D eigenvalue weighted by Gasteiger charge is 2.18. The number of hydrogen-bond acceptors (Lipinski definition) is 3. The summed E-state index contributed by atoms with van der Waals surface area (Å²) >= 11 is 3.40. The maximum atomic E-state index is 12.0. The predicted molar refractivity (Wildman–Crippen MR) is 90.4 cm³/mol. The number of fused-ring (bicyclic) bond motifs is 1. The average Bonchev–Trinajstić information content (AvgIpc) is 2.51. The van der Waals surface area contributed by atoms with Crippen molar-refractivity contribution >= 4 is 26.9 Å². The monoisotopic (exact) mass is 355 g/mol. The van der Waals surface area contributed by atoms with E-state index in [0.29, 0.717) is 17.6 Å². The first kappa shape index (κ1) is 16.1. The van der Waals surface area contributed by atoms with Gasteiger partial charge in [-0.2, -0.15) is 5.26 Å². The van der Waals surface area contributed by atoms with Crippen molar-refractivity contribution in [2.75, 3.05) is 0 Å². The molecule has 3 nitrogen and oxygen atoms in total. The van der Waals surface area contributed by atoms with Gasteiger partial charge in [0.25, 0.3) is 0 Å². The molecule has 0 radical (unpaired) electrons. The van der Waals surface area contributed by atoms with Crippen LogP contribution in [0, 0.1) is 29.6 Å². The molecule has 0 N–H and O–H groups in total. The molecular weight excluding hydrogens is 342 g/mol. The first-order chi connectivity index (χ1) is 10.6. The molecule has 0 saturated heterocycles. The van der Waals surface area contributed by atoms with Gasteiger partial charge in [0.1, 0.15) is 17.2 Å². The van der Waals surface area contributed by atoms with E-state index >= 15 is 0 Å². The third-order valence-electron chi connectivity index (χ3n) is 3.49. The summed E-state index contributed by atoms with van der Waals surface area (Å²) in [5.41, 5.74) is 0.528. The van der Waals surface area contributed by atoms with E-state index < -0.39 is 5.63 Å². The number of allylic oxidation sites excluding steroid dienone is 1. The van der Waals surface area contributed by atoms with Crippen molar-refractivity contribution in [2.24, 2.45) is 5.92 Å². The summed E-state index contributed by atoms with van der Waals surface area (Å²) in [4.78, 5) is 12.0. The highest BCUT2D eigenvalue weighted by molar-refractivity contribution is 9.10. The Morgan fingerprint density at radius 2 is 2.27 bits per heavy atom. The van der Waals surface area contributed by atoms with Crippen LogP contribution in [0.5, 0.6) is 0 Å². The van der Waals surface area contributed by atoms with Gasteiger partial charge in [-0.3, -0.25) is 0 Å². The van der Waals surface area contributed by atoms with Gasteiger partial charge in [-0.15, -0.1) is 18.9 Å². The second-order valence-corrected chi connectivity index (χ2v) is 5.84. The molecule has 0 bridgehead atoms. The molecule has 1 aromatic heterocycles. The van der Waals surface area contributed by atoms with Crippen LogP contribution in [-0.4, -0.2) is 0 Å². The molecule has 4 heteroatoms. The Bertz CT molecular complexity index is 852. The summed E-state index contributed by atoms with van der Waals surface area (Å²) in [6, 6.07) is 7.29. The highest BCUT2D eigenvalue weighted by Crippen LogP contribution is 2.27. The standard InChI is InChI=1S/C18H14BrNO2/c1-3-5-6-12(4-2)9-14-15-10-13(19)7-8-17(15)22-18(21)16(14)11-20/h2-3,7-8,10,12H,1,5-6,9H2/t12-/m1/s1. The summed E-state index contributed by atoms with van der Waals surface area (Å²) in [7, 11) is 0. The molecule has 0 amide bonds. The molecule has 0 fully saturated rings. The van der Waals surface area contributed by atoms with Crippen molar-refractivity contribution in [3.05, 3.63) is 56.9 Å². The van der Waals surface area contributed by atoms with Crippen molar-refractivity contribution in [3.63, 3.8) is 0 Å². The molecule has 1 heterocycles. The summed E-state index contributed by atoms with van der Waals surface area (Å²) in [5, 5.41) is 10.0. The van der Waals surface area contributed by atoms with Crippen LogP contribution in [0.4, 0.5) is 0 Å². The maximum Gasteiger partial charge on any atom is 0.354 e. The molecule has 0 aliphatic heterocycles. The third kappa shape index (κ3) is 3.30. The highest BCUT2D eigenvalue weighted by atomic mass is 79.9. The van der Waals surface area contributed by atoms with Gasteiger partial charge in [-0.1, -0.05) is 22.0 Å². The summed E-state index contributed by atoms with van der Waals surface area (Å²) in [5.74, 6) is 2.67. The second-order valence-electron chi connectivity index (χ2n) is 4.93. The number of rotatable bonds is 5. The maximum absolute atomic E-state index is 12.0. The molecular formula is C18H14BrNO2. The molecule has 1 atom stereocenters. The average molecular weight is 356 g/mol. The van der Waals surface area contributed by atoms with Crippen LogP contribution in [-0.2, 0) is 6.42 Å². The summed E-state index contributed by atoms with van der Waals surface area (Å²) in [6.07, 6.45) is 9.42. The Morgan fingerprint density at radius 1 is 1.50 bits per heavy atom.